The number of carbonyl (C=O) groups excluding carboxylic acids is 2. The summed E-state index contributed by atoms with van der Waals surface area (Å²) in [6.07, 6.45) is 1.39. The molecule has 0 aliphatic rings. The number of carbonyl (C=O) groups is 2. The van der Waals surface area contributed by atoms with Crippen LogP contribution in [0.2, 0.25) is 0 Å². The second-order valence-electron chi connectivity index (χ2n) is 6.72. The van der Waals surface area contributed by atoms with Gasteiger partial charge in [-0.05, 0) is 12.1 Å². The lowest BCUT2D eigenvalue weighted by atomic mass is 10.1. The van der Waals surface area contributed by atoms with Crippen molar-refractivity contribution in [1.82, 2.24) is 19.6 Å². The molecule has 0 saturated carbocycles. The molecular formula is C22H24N4O3. The molecule has 150 valence electrons. The number of amides is 2. The molecule has 7 nitrogen and oxygen atoms in total. The summed E-state index contributed by atoms with van der Waals surface area (Å²) in [7, 11) is 4.53. The van der Waals surface area contributed by atoms with E-state index in [0.717, 1.165) is 22.5 Å². The fourth-order valence-corrected chi connectivity index (χ4v) is 2.97. The average molecular weight is 392 g/mol. The number of methoxy groups -OCH3 is 1. The fourth-order valence-electron chi connectivity index (χ4n) is 2.97. The Balaban J connectivity index is 1.86. The maximum Gasteiger partial charge on any atom is 0.409 e. The zero-order chi connectivity index (χ0) is 20.8. The van der Waals surface area contributed by atoms with Crippen molar-refractivity contribution in [3.63, 3.8) is 0 Å². The quantitative estimate of drug-likeness (QED) is 0.646. The molecule has 0 aliphatic heterocycles. The summed E-state index contributed by atoms with van der Waals surface area (Å²) < 4.78 is 6.46. The molecule has 0 radical (unpaired) electrons. The van der Waals surface area contributed by atoms with Gasteiger partial charge in [-0.3, -0.25) is 4.79 Å². The van der Waals surface area contributed by atoms with E-state index in [1.54, 1.807) is 11.9 Å². The van der Waals surface area contributed by atoms with Crippen molar-refractivity contribution < 1.29 is 14.3 Å². The molecule has 2 amide bonds. The van der Waals surface area contributed by atoms with Gasteiger partial charge in [-0.15, -0.1) is 0 Å². The van der Waals surface area contributed by atoms with Gasteiger partial charge in [0.25, 0.3) is 0 Å². The summed E-state index contributed by atoms with van der Waals surface area (Å²) in [5.74, 6) is -0.190. The Morgan fingerprint density at radius 2 is 1.59 bits per heavy atom. The van der Waals surface area contributed by atoms with Gasteiger partial charge in [0.15, 0.2) is 0 Å². The van der Waals surface area contributed by atoms with E-state index in [0.29, 0.717) is 6.54 Å². The van der Waals surface area contributed by atoms with Crippen LogP contribution >= 0.6 is 0 Å². The van der Waals surface area contributed by atoms with E-state index >= 15 is 0 Å². The highest BCUT2D eigenvalue weighted by atomic mass is 16.5. The Labute approximate surface area is 170 Å². The molecule has 29 heavy (non-hydrogen) atoms. The van der Waals surface area contributed by atoms with Gasteiger partial charge in [0.1, 0.15) is 6.54 Å². The van der Waals surface area contributed by atoms with Crippen molar-refractivity contribution >= 4 is 12.0 Å². The van der Waals surface area contributed by atoms with E-state index in [9.17, 15) is 9.59 Å². The third kappa shape index (κ3) is 4.82. The number of aromatic nitrogens is 2. The van der Waals surface area contributed by atoms with Gasteiger partial charge < -0.3 is 14.5 Å². The highest BCUT2D eigenvalue weighted by Gasteiger charge is 2.19. The minimum absolute atomic E-state index is 0.0589. The van der Waals surface area contributed by atoms with Gasteiger partial charge in [-0.25, -0.2) is 9.48 Å². The number of rotatable bonds is 6. The van der Waals surface area contributed by atoms with Crippen LogP contribution < -0.4 is 0 Å². The third-order valence-electron chi connectivity index (χ3n) is 4.55. The van der Waals surface area contributed by atoms with Crippen molar-refractivity contribution in [3.05, 3.63) is 72.4 Å². The zero-order valence-electron chi connectivity index (χ0n) is 16.8. The molecule has 0 atom stereocenters. The van der Waals surface area contributed by atoms with Crippen molar-refractivity contribution in [2.45, 2.75) is 6.54 Å². The van der Waals surface area contributed by atoms with Crippen LogP contribution in [-0.4, -0.2) is 59.3 Å². The highest BCUT2D eigenvalue weighted by Crippen LogP contribution is 2.24. The lowest BCUT2D eigenvalue weighted by molar-refractivity contribution is -0.131. The Bertz CT molecular complexity index is 970. The highest BCUT2D eigenvalue weighted by molar-refractivity contribution is 5.82. The van der Waals surface area contributed by atoms with E-state index in [2.05, 4.69) is 4.74 Å². The molecule has 2 aromatic carbocycles. The molecule has 7 heteroatoms. The standard InChI is InChI=1S/C22H24N4O3/c1-24(20(27)16-25(2)22(28)29-3)14-18-15-26(19-12-8-5-9-13-19)23-21(18)17-10-6-4-7-11-17/h4-13,15H,14,16H2,1-3H3. The summed E-state index contributed by atoms with van der Waals surface area (Å²) in [6, 6.07) is 19.7. The van der Waals surface area contributed by atoms with Gasteiger partial charge in [0.2, 0.25) is 5.91 Å². The lowest BCUT2D eigenvalue weighted by Crippen LogP contribution is -2.39. The van der Waals surface area contributed by atoms with E-state index in [-0.39, 0.29) is 12.5 Å². The molecule has 0 bridgehead atoms. The molecule has 0 saturated heterocycles. The second kappa shape index (κ2) is 9.05. The number of hydrogen-bond donors (Lipinski definition) is 0. The van der Waals surface area contributed by atoms with Crippen LogP contribution in [0.3, 0.4) is 0 Å². The van der Waals surface area contributed by atoms with Gasteiger partial charge in [0, 0.05) is 38.0 Å². The first-order valence-corrected chi connectivity index (χ1v) is 9.22. The van der Waals surface area contributed by atoms with Crippen LogP contribution in [0.4, 0.5) is 4.79 Å². The molecule has 0 unspecified atom stereocenters. The number of benzene rings is 2. The second-order valence-corrected chi connectivity index (χ2v) is 6.72. The van der Waals surface area contributed by atoms with Crippen molar-refractivity contribution in [1.29, 1.82) is 0 Å². The van der Waals surface area contributed by atoms with Crippen LogP contribution in [0.1, 0.15) is 5.56 Å². The van der Waals surface area contributed by atoms with Crippen LogP contribution in [0.25, 0.3) is 16.9 Å². The smallest absolute Gasteiger partial charge is 0.409 e. The molecule has 0 aliphatic carbocycles. The Morgan fingerprint density at radius 1 is 0.966 bits per heavy atom. The topological polar surface area (TPSA) is 67.7 Å². The minimum Gasteiger partial charge on any atom is -0.453 e. The van der Waals surface area contributed by atoms with Crippen LogP contribution in [0.5, 0.6) is 0 Å². The largest absolute Gasteiger partial charge is 0.453 e. The normalized spacial score (nSPS) is 10.4. The molecule has 3 aromatic rings. The lowest BCUT2D eigenvalue weighted by Gasteiger charge is -2.21. The number of nitrogens with zero attached hydrogens (tertiary/aromatic N) is 4. The predicted octanol–water partition coefficient (Wildman–Crippen LogP) is 3.20. The zero-order valence-corrected chi connectivity index (χ0v) is 16.8. The molecule has 1 heterocycles. The third-order valence-corrected chi connectivity index (χ3v) is 4.55. The molecule has 3 rings (SSSR count). The fraction of sp³-hybridized carbons (Fsp3) is 0.227. The minimum atomic E-state index is -0.548. The van der Waals surface area contributed by atoms with Gasteiger partial charge in [0.05, 0.1) is 18.5 Å². The maximum atomic E-state index is 12.6. The van der Waals surface area contributed by atoms with E-state index in [1.807, 2.05) is 71.5 Å². The number of likely N-dealkylation sites (N-methyl/N-ethyl adjacent to an activating group) is 2. The number of ether oxygens (including phenoxy) is 1. The summed E-state index contributed by atoms with van der Waals surface area (Å²) in [4.78, 5) is 26.9. The first-order chi connectivity index (χ1) is 14.0. The van der Waals surface area contributed by atoms with Crippen molar-refractivity contribution in [2.75, 3.05) is 27.7 Å². The van der Waals surface area contributed by atoms with Gasteiger partial charge in [-0.1, -0.05) is 48.5 Å². The first kappa shape index (κ1) is 20.1. The van der Waals surface area contributed by atoms with E-state index in [4.69, 9.17) is 5.10 Å². The Hall–Kier alpha value is -3.61. The van der Waals surface area contributed by atoms with Crippen LogP contribution in [-0.2, 0) is 16.1 Å². The van der Waals surface area contributed by atoms with E-state index in [1.165, 1.54) is 19.1 Å². The molecular weight excluding hydrogens is 368 g/mol. The van der Waals surface area contributed by atoms with Crippen LogP contribution in [0.15, 0.2) is 66.9 Å². The maximum absolute atomic E-state index is 12.6. The Kier molecular flexibility index (Phi) is 6.29. The molecule has 0 spiro atoms. The summed E-state index contributed by atoms with van der Waals surface area (Å²) in [5, 5.41) is 4.76. The SMILES string of the molecule is COC(=O)N(C)CC(=O)N(C)Cc1cn(-c2ccccc2)nc1-c1ccccc1. The molecule has 1 aromatic heterocycles. The Morgan fingerprint density at radius 3 is 2.21 bits per heavy atom. The summed E-state index contributed by atoms with van der Waals surface area (Å²) in [5.41, 5.74) is 3.65. The van der Waals surface area contributed by atoms with Crippen LogP contribution in [0, 0.1) is 0 Å². The number of para-hydroxylation sites is 1. The summed E-state index contributed by atoms with van der Waals surface area (Å²) >= 11 is 0. The average Bonchev–Trinajstić information content (AvgIpc) is 3.18. The molecule has 0 N–H and O–H groups in total. The van der Waals surface area contributed by atoms with E-state index < -0.39 is 6.09 Å². The van der Waals surface area contributed by atoms with Gasteiger partial charge >= 0.3 is 6.09 Å². The van der Waals surface area contributed by atoms with Crippen molar-refractivity contribution in [2.24, 2.45) is 0 Å². The number of hydrogen-bond acceptors (Lipinski definition) is 4. The predicted molar refractivity (Wildman–Crippen MR) is 111 cm³/mol. The van der Waals surface area contributed by atoms with Crippen molar-refractivity contribution in [3.8, 4) is 16.9 Å². The summed E-state index contributed by atoms with van der Waals surface area (Å²) in [6.45, 7) is 0.307. The first-order valence-electron chi connectivity index (χ1n) is 9.22. The molecule has 0 fully saturated rings. The van der Waals surface area contributed by atoms with Gasteiger partial charge in [-0.2, -0.15) is 5.10 Å². The monoisotopic (exact) mass is 392 g/mol.